The van der Waals surface area contributed by atoms with Gasteiger partial charge in [0, 0.05) is 6.07 Å². The number of carbonyl (C=O) groups is 1. The summed E-state index contributed by atoms with van der Waals surface area (Å²) in [7, 11) is 0. The summed E-state index contributed by atoms with van der Waals surface area (Å²) in [6.07, 6.45) is 0. The van der Waals surface area contributed by atoms with E-state index in [4.69, 9.17) is 5.73 Å². The van der Waals surface area contributed by atoms with Crippen LogP contribution in [0.3, 0.4) is 0 Å². The van der Waals surface area contributed by atoms with Crippen molar-refractivity contribution >= 4 is 27.5 Å². The highest BCUT2D eigenvalue weighted by Crippen LogP contribution is 2.29. The quantitative estimate of drug-likeness (QED) is 0.623. The highest BCUT2D eigenvalue weighted by molar-refractivity contribution is 9.10. The van der Waals surface area contributed by atoms with Crippen LogP contribution < -0.4 is 10.6 Å². The summed E-state index contributed by atoms with van der Waals surface area (Å²) in [5.74, 6) is -1.82. The number of amides is 1. The van der Waals surface area contributed by atoms with Gasteiger partial charge in [0.15, 0.2) is 0 Å². The molecule has 80 valence electrons. The number of nitrogens with zero attached hydrogens (tertiary/aromatic N) is 1. The Morgan fingerprint density at radius 2 is 2.07 bits per heavy atom. The molecule has 15 heavy (non-hydrogen) atoms. The van der Waals surface area contributed by atoms with Crippen LogP contribution in [0.15, 0.2) is 16.6 Å². The molecule has 1 aliphatic rings. The second kappa shape index (κ2) is 3.53. The van der Waals surface area contributed by atoms with E-state index >= 15 is 0 Å². The number of nitrogens with two attached hydrogens (primary N) is 1. The van der Waals surface area contributed by atoms with E-state index in [0.717, 1.165) is 6.07 Å². The number of rotatable bonds is 1. The van der Waals surface area contributed by atoms with Gasteiger partial charge in [0.25, 0.3) is 0 Å². The number of anilines is 1. The minimum absolute atomic E-state index is 0.0509. The van der Waals surface area contributed by atoms with Crippen LogP contribution in [0.2, 0.25) is 0 Å². The molecule has 0 saturated carbocycles. The fourth-order valence-corrected chi connectivity index (χ4v) is 1.72. The largest absolute Gasteiger partial charge is 0.318 e. The average molecular weight is 277 g/mol. The van der Waals surface area contributed by atoms with Crippen molar-refractivity contribution in [3.8, 4) is 0 Å². The molecule has 1 amide bonds. The lowest BCUT2D eigenvalue weighted by molar-refractivity contribution is -0.123. The summed E-state index contributed by atoms with van der Waals surface area (Å²) < 4.78 is 26.3. The third kappa shape index (κ3) is 1.63. The zero-order valence-electron chi connectivity index (χ0n) is 7.51. The highest BCUT2D eigenvalue weighted by Gasteiger charge is 2.36. The molecule has 1 atom stereocenters. The number of hydrogen-bond acceptors (Lipinski definition) is 2. The van der Waals surface area contributed by atoms with Crippen LogP contribution in [0, 0.1) is 11.6 Å². The molecule has 3 nitrogen and oxygen atoms in total. The third-order valence-corrected chi connectivity index (χ3v) is 2.85. The molecule has 0 spiro atoms. The molecule has 2 rings (SSSR count). The molecule has 1 aliphatic heterocycles. The normalized spacial score (nSPS) is 20.4. The maximum atomic E-state index is 13.3. The van der Waals surface area contributed by atoms with E-state index in [1.54, 1.807) is 0 Å². The smallest absolute Gasteiger partial charge is 0.245 e. The first-order valence-corrected chi connectivity index (χ1v) is 5.01. The molecule has 1 saturated heterocycles. The van der Waals surface area contributed by atoms with Crippen LogP contribution in [-0.4, -0.2) is 18.5 Å². The molecule has 1 aromatic carbocycles. The summed E-state index contributed by atoms with van der Waals surface area (Å²) >= 11 is 2.93. The second-order valence-electron chi connectivity index (χ2n) is 3.27. The molecular weight excluding hydrogens is 270 g/mol. The first kappa shape index (κ1) is 10.5. The lowest BCUT2D eigenvalue weighted by atomic mass is 10.1. The van der Waals surface area contributed by atoms with E-state index < -0.39 is 17.7 Å². The van der Waals surface area contributed by atoms with Crippen molar-refractivity contribution in [1.29, 1.82) is 0 Å². The van der Waals surface area contributed by atoms with E-state index in [1.165, 1.54) is 11.0 Å². The summed E-state index contributed by atoms with van der Waals surface area (Å²) in [5, 5.41) is 0. The van der Waals surface area contributed by atoms with Crippen LogP contribution in [0.1, 0.15) is 0 Å². The topological polar surface area (TPSA) is 46.3 Å². The van der Waals surface area contributed by atoms with Crippen LogP contribution >= 0.6 is 15.9 Å². The molecule has 2 N–H and O–H groups in total. The predicted molar refractivity (Wildman–Crippen MR) is 54.4 cm³/mol. The van der Waals surface area contributed by atoms with Crippen LogP contribution in [0.25, 0.3) is 0 Å². The van der Waals surface area contributed by atoms with Crippen molar-refractivity contribution in [1.82, 2.24) is 0 Å². The summed E-state index contributed by atoms with van der Waals surface area (Å²) in [6.45, 7) is 0.258. The molecule has 6 heteroatoms. The van der Waals surface area contributed by atoms with Crippen LogP contribution in [0.5, 0.6) is 0 Å². The van der Waals surface area contributed by atoms with Gasteiger partial charge in [0.2, 0.25) is 5.91 Å². The first-order valence-electron chi connectivity index (χ1n) is 4.22. The average Bonchev–Trinajstić information content (AvgIpc) is 2.20. The number of benzene rings is 1. The summed E-state index contributed by atoms with van der Waals surface area (Å²) in [6, 6.07) is 1.39. The van der Waals surface area contributed by atoms with Gasteiger partial charge < -0.3 is 10.6 Å². The Labute approximate surface area is 93.0 Å². The Morgan fingerprint density at radius 3 is 2.60 bits per heavy atom. The Kier molecular flexibility index (Phi) is 2.47. The minimum Gasteiger partial charge on any atom is -0.318 e. The summed E-state index contributed by atoms with van der Waals surface area (Å²) in [5.41, 5.74) is 5.42. The molecule has 0 aliphatic carbocycles. The van der Waals surface area contributed by atoms with Crippen LogP contribution in [0.4, 0.5) is 14.5 Å². The SMILES string of the molecule is NC1CN(c2cc(Br)c(F)cc2F)C1=O. The van der Waals surface area contributed by atoms with Gasteiger partial charge in [-0.1, -0.05) is 0 Å². The van der Waals surface area contributed by atoms with Crippen molar-refractivity contribution in [2.75, 3.05) is 11.4 Å². The predicted octanol–water partition coefficient (Wildman–Crippen LogP) is 1.40. The molecular formula is C9H7BrF2N2O. The number of halogens is 3. The van der Waals surface area contributed by atoms with Crippen molar-refractivity contribution in [2.45, 2.75) is 6.04 Å². The Bertz CT molecular complexity index is 438. The highest BCUT2D eigenvalue weighted by atomic mass is 79.9. The van der Waals surface area contributed by atoms with Gasteiger partial charge in [0.1, 0.15) is 17.7 Å². The third-order valence-electron chi connectivity index (χ3n) is 2.24. The van der Waals surface area contributed by atoms with Gasteiger partial charge in [-0.05, 0) is 22.0 Å². The lowest BCUT2D eigenvalue weighted by Gasteiger charge is -2.36. The standard InChI is InChI=1S/C9H7BrF2N2O/c10-4-1-8(6(12)2-5(4)11)14-3-7(13)9(14)15/h1-2,7H,3,13H2. The monoisotopic (exact) mass is 276 g/mol. The number of β-lactam (4-membered cyclic amide) rings is 1. The molecule has 0 aromatic heterocycles. The zero-order chi connectivity index (χ0) is 11.2. The molecule has 1 heterocycles. The summed E-state index contributed by atoms with van der Waals surface area (Å²) in [4.78, 5) is 12.4. The van der Waals surface area contributed by atoms with Crippen molar-refractivity contribution in [3.05, 3.63) is 28.2 Å². The van der Waals surface area contributed by atoms with E-state index in [-0.39, 0.29) is 22.6 Å². The van der Waals surface area contributed by atoms with Gasteiger partial charge in [-0.15, -0.1) is 0 Å². The second-order valence-corrected chi connectivity index (χ2v) is 4.13. The van der Waals surface area contributed by atoms with E-state index in [2.05, 4.69) is 15.9 Å². The van der Waals surface area contributed by atoms with Crippen molar-refractivity contribution in [3.63, 3.8) is 0 Å². The van der Waals surface area contributed by atoms with Crippen LogP contribution in [-0.2, 0) is 4.79 Å². The maximum Gasteiger partial charge on any atom is 0.245 e. The Hall–Kier alpha value is -1.01. The molecule has 0 bridgehead atoms. The fraction of sp³-hybridized carbons (Fsp3) is 0.222. The zero-order valence-corrected chi connectivity index (χ0v) is 9.09. The van der Waals surface area contributed by atoms with Gasteiger partial charge in [-0.25, -0.2) is 8.78 Å². The van der Waals surface area contributed by atoms with Crippen molar-refractivity contribution < 1.29 is 13.6 Å². The molecule has 1 fully saturated rings. The minimum atomic E-state index is -0.768. The first-order chi connectivity index (χ1) is 7.00. The van der Waals surface area contributed by atoms with Gasteiger partial charge in [-0.2, -0.15) is 0 Å². The van der Waals surface area contributed by atoms with Gasteiger partial charge in [0.05, 0.1) is 16.7 Å². The lowest BCUT2D eigenvalue weighted by Crippen LogP contribution is -2.61. The van der Waals surface area contributed by atoms with Gasteiger partial charge >= 0.3 is 0 Å². The Balaban J connectivity index is 2.37. The molecule has 0 radical (unpaired) electrons. The van der Waals surface area contributed by atoms with E-state index in [0.29, 0.717) is 0 Å². The van der Waals surface area contributed by atoms with E-state index in [9.17, 15) is 13.6 Å². The number of hydrogen-bond donors (Lipinski definition) is 1. The molecule has 1 aromatic rings. The molecule has 1 unspecified atom stereocenters. The van der Waals surface area contributed by atoms with Crippen molar-refractivity contribution in [2.24, 2.45) is 5.73 Å². The van der Waals surface area contributed by atoms with E-state index in [1.807, 2.05) is 0 Å². The Morgan fingerprint density at radius 1 is 1.40 bits per heavy atom. The maximum absolute atomic E-state index is 13.3. The van der Waals surface area contributed by atoms with Gasteiger partial charge in [-0.3, -0.25) is 4.79 Å². The fourth-order valence-electron chi connectivity index (χ4n) is 1.39. The number of carbonyl (C=O) groups excluding carboxylic acids is 1.